The third kappa shape index (κ3) is 4.83. The molecule has 0 aromatic heterocycles. The van der Waals surface area contributed by atoms with Gasteiger partial charge in [0.2, 0.25) is 0 Å². The monoisotopic (exact) mass is 431 g/mol. The number of amides is 1. The van der Waals surface area contributed by atoms with E-state index in [9.17, 15) is 4.79 Å². The molecule has 144 valence electrons. The zero-order valence-electron chi connectivity index (χ0n) is 16.3. The summed E-state index contributed by atoms with van der Waals surface area (Å²) in [5, 5.41) is 3.10. The summed E-state index contributed by atoms with van der Waals surface area (Å²) in [6.07, 6.45) is 1.67. The highest BCUT2D eigenvalue weighted by atomic mass is 79.9. The van der Waals surface area contributed by atoms with Crippen molar-refractivity contribution in [3.05, 3.63) is 57.6 Å². The maximum Gasteiger partial charge on any atom is 0.258 e. The Morgan fingerprint density at radius 3 is 2.78 bits per heavy atom. The summed E-state index contributed by atoms with van der Waals surface area (Å²) in [6.45, 7) is 8.20. The van der Waals surface area contributed by atoms with Gasteiger partial charge in [0.1, 0.15) is 17.1 Å². The molecule has 1 atom stereocenters. The SMILES string of the molecule is CCc1ccc(OCC(=O)N[C@@H]2CC(C)(C)Oc3cc(C)ccc32)c(Br)c1. The molecule has 0 spiro atoms. The molecule has 1 aliphatic heterocycles. The number of carbonyl (C=O) groups is 1. The molecule has 3 rings (SSSR count). The Balaban J connectivity index is 1.67. The lowest BCUT2D eigenvalue weighted by Crippen LogP contribution is -2.42. The fourth-order valence-corrected chi connectivity index (χ4v) is 3.89. The van der Waals surface area contributed by atoms with Crippen molar-refractivity contribution in [2.75, 3.05) is 6.61 Å². The van der Waals surface area contributed by atoms with E-state index in [1.807, 2.05) is 57.2 Å². The van der Waals surface area contributed by atoms with Gasteiger partial charge in [-0.25, -0.2) is 0 Å². The van der Waals surface area contributed by atoms with Crippen LogP contribution in [-0.2, 0) is 11.2 Å². The van der Waals surface area contributed by atoms with Gasteiger partial charge >= 0.3 is 0 Å². The molecule has 1 amide bonds. The number of halogens is 1. The first kappa shape index (κ1) is 19.7. The fraction of sp³-hybridized carbons (Fsp3) is 0.409. The molecule has 2 aromatic rings. The van der Waals surface area contributed by atoms with Crippen molar-refractivity contribution < 1.29 is 14.3 Å². The molecule has 0 bridgehead atoms. The highest BCUT2D eigenvalue weighted by Gasteiger charge is 2.34. The van der Waals surface area contributed by atoms with E-state index in [2.05, 4.69) is 28.2 Å². The molecule has 0 unspecified atom stereocenters. The van der Waals surface area contributed by atoms with Crippen LogP contribution in [0.1, 0.15) is 49.9 Å². The predicted molar refractivity (Wildman–Crippen MR) is 110 cm³/mol. The van der Waals surface area contributed by atoms with Crippen LogP contribution in [0.3, 0.4) is 0 Å². The lowest BCUT2D eigenvalue weighted by atomic mass is 9.89. The molecule has 4 nitrogen and oxygen atoms in total. The van der Waals surface area contributed by atoms with Crippen LogP contribution in [0.5, 0.6) is 11.5 Å². The average molecular weight is 432 g/mol. The van der Waals surface area contributed by atoms with E-state index in [0.29, 0.717) is 12.2 Å². The van der Waals surface area contributed by atoms with Crippen molar-refractivity contribution in [1.29, 1.82) is 0 Å². The molecular weight excluding hydrogens is 406 g/mol. The summed E-state index contributed by atoms with van der Waals surface area (Å²) in [5.41, 5.74) is 3.04. The number of fused-ring (bicyclic) bond motifs is 1. The molecule has 0 fully saturated rings. The summed E-state index contributed by atoms with van der Waals surface area (Å²) >= 11 is 3.51. The third-order valence-electron chi connectivity index (χ3n) is 4.72. The minimum atomic E-state index is -0.335. The summed E-state index contributed by atoms with van der Waals surface area (Å²) in [7, 11) is 0. The Hall–Kier alpha value is -2.01. The Morgan fingerprint density at radius 1 is 1.30 bits per heavy atom. The number of benzene rings is 2. The molecule has 0 radical (unpaired) electrons. The first-order valence-corrected chi connectivity index (χ1v) is 10.1. The molecule has 2 aromatic carbocycles. The smallest absolute Gasteiger partial charge is 0.258 e. The van der Waals surface area contributed by atoms with E-state index in [0.717, 1.165) is 27.8 Å². The minimum Gasteiger partial charge on any atom is -0.487 e. The lowest BCUT2D eigenvalue weighted by Gasteiger charge is -2.38. The Kier molecular flexibility index (Phi) is 5.80. The second kappa shape index (κ2) is 7.93. The molecule has 27 heavy (non-hydrogen) atoms. The van der Waals surface area contributed by atoms with Gasteiger partial charge < -0.3 is 14.8 Å². The van der Waals surface area contributed by atoms with Gasteiger partial charge in [0.05, 0.1) is 10.5 Å². The fourth-order valence-electron chi connectivity index (χ4n) is 3.35. The zero-order valence-corrected chi connectivity index (χ0v) is 17.9. The Bertz CT molecular complexity index is 847. The van der Waals surface area contributed by atoms with E-state index < -0.39 is 0 Å². The largest absolute Gasteiger partial charge is 0.487 e. The predicted octanol–water partition coefficient (Wildman–Crippen LogP) is 5.12. The van der Waals surface area contributed by atoms with Crippen LogP contribution in [0.4, 0.5) is 0 Å². The van der Waals surface area contributed by atoms with Crippen LogP contribution in [0, 0.1) is 6.92 Å². The lowest BCUT2D eigenvalue weighted by molar-refractivity contribution is -0.124. The molecule has 1 N–H and O–H groups in total. The molecule has 1 heterocycles. The number of hydrogen-bond donors (Lipinski definition) is 1. The second-order valence-corrected chi connectivity index (χ2v) is 8.49. The highest BCUT2D eigenvalue weighted by Crippen LogP contribution is 2.39. The van der Waals surface area contributed by atoms with Crippen molar-refractivity contribution in [3.63, 3.8) is 0 Å². The number of rotatable bonds is 5. The number of carbonyl (C=O) groups excluding carboxylic acids is 1. The maximum absolute atomic E-state index is 12.5. The summed E-state index contributed by atoms with van der Waals surface area (Å²) in [6, 6.07) is 11.9. The van der Waals surface area contributed by atoms with Crippen molar-refractivity contribution in [2.24, 2.45) is 0 Å². The standard InChI is InChI=1S/C22H26BrNO3/c1-5-15-7-9-19(17(23)11-15)26-13-21(25)24-18-12-22(3,4)27-20-10-14(2)6-8-16(18)20/h6-11,18H,5,12-13H2,1-4H3,(H,24,25)/t18-/m1/s1. The molecule has 5 heteroatoms. The van der Waals surface area contributed by atoms with Gasteiger partial charge in [-0.15, -0.1) is 0 Å². The quantitative estimate of drug-likeness (QED) is 0.714. The molecular formula is C22H26BrNO3. The van der Waals surface area contributed by atoms with E-state index in [1.165, 1.54) is 5.56 Å². The van der Waals surface area contributed by atoms with E-state index in [-0.39, 0.29) is 24.2 Å². The van der Waals surface area contributed by atoms with Gasteiger partial charge in [0.25, 0.3) is 5.91 Å². The van der Waals surface area contributed by atoms with Crippen molar-refractivity contribution in [2.45, 2.75) is 52.2 Å². The summed E-state index contributed by atoms with van der Waals surface area (Å²) in [5.74, 6) is 1.37. The van der Waals surface area contributed by atoms with Gasteiger partial charge in [-0.05, 0) is 72.4 Å². The van der Waals surface area contributed by atoms with Gasteiger partial charge in [-0.1, -0.05) is 25.1 Å². The average Bonchev–Trinajstić information content (AvgIpc) is 2.59. The Morgan fingerprint density at radius 2 is 2.07 bits per heavy atom. The minimum absolute atomic E-state index is 0.0247. The van der Waals surface area contributed by atoms with E-state index >= 15 is 0 Å². The normalized spacial score (nSPS) is 17.6. The van der Waals surface area contributed by atoms with Crippen LogP contribution in [0.25, 0.3) is 0 Å². The molecule has 0 saturated carbocycles. The zero-order chi connectivity index (χ0) is 19.6. The number of aryl methyl sites for hydroxylation is 2. The van der Waals surface area contributed by atoms with Crippen molar-refractivity contribution >= 4 is 21.8 Å². The number of hydrogen-bond acceptors (Lipinski definition) is 3. The van der Waals surface area contributed by atoms with Crippen LogP contribution in [0.2, 0.25) is 0 Å². The van der Waals surface area contributed by atoms with Crippen LogP contribution in [-0.4, -0.2) is 18.1 Å². The Labute approximate surface area is 169 Å². The summed E-state index contributed by atoms with van der Waals surface area (Å²) in [4.78, 5) is 12.5. The van der Waals surface area contributed by atoms with E-state index in [4.69, 9.17) is 9.47 Å². The molecule has 1 aliphatic rings. The number of ether oxygens (including phenoxy) is 2. The third-order valence-corrected chi connectivity index (χ3v) is 5.34. The first-order valence-electron chi connectivity index (χ1n) is 9.27. The second-order valence-electron chi connectivity index (χ2n) is 7.63. The number of nitrogens with one attached hydrogen (secondary N) is 1. The van der Waals surface area contributed by atoms with Gasteiger partial charge in [0, 0.05) is 12.0 Å². The molecule has 0 saturated heterocycles. The topological polar surface area (TPSA) is 47.6 Å². The van der Waals surface area contributed by atoms with Crippen LogP contribution < -0.4 is 14.8 Å². The summed E-state index contributed by atoms with van der Waals surface area (Å²) < 4.78 is 12.7. The highest BCUT2D eigenvalue weighted by molar-refractivity contribution is 9.10. The van der Waals surface area contributed by atoms with Gasteiger partial charge in [0.15, 0.2) is 6.61 Å². The maximum atomic E-state index is 12.5. The first-order chi connectivity index (χ1) is 12.8. The van der Waals surface area contributed by atoms with Crippen molar-refractivity contribution in [3.8, 4) is 11.5 Å². The van der Waals surface area contributed by atoms with Gasteiger partial charge in [-0.2, -0.15) is 0 Å². The van der Waals surface area contributed by atoms with Gasteiger partial charge in [-0.3, -0.25) is 4.79 Å². The van der Waals surface area contributed by atoms with Crippen molar-refractivity contribution in [1.82, 2.24) is 5.32 Å². The van der Waals surface area contributed by atoms with Crippen LogP contribution >= 0.6 is 15.9 Å². The van der Waals surface area contributed by atoms with Crippen LogP contribution in [0.15, 0.2) is 40.9 Å². The van der Waals surface area contributed by atoms with E-state index in [1.54, 1.807) is 0 Å². The molecule has 0 aliphatic carbocycles.